The van der Waals surface area contributed by atoms with Crippen LogP contribution in [0, 0.1) is 11.2 Å². The molecule has 3 rings (SSSR count). The first-order valence-electron chi connectivity index (χ1n) is 9.16. The van der Waals surface area contributed by atoms with Crippen LogP contribution in [0.3, 0.4) is 0 Å². The number of hydrogen-bond acceptors (Lipinski definition) is 4. The molecule has 0 aliphatic heterocycles. The zero-order valence-corrected chi connectivity index (χ0v) is 17.0. The van der Waals surface area contributed by atoms with Crippen molar-refractivity contribution in [2.24, 2.45) is 5.41 Å². The fraction of sp³-hybridized carbons (Fsp3) is 0.381. The van der Waals surface area contributed by atoms with Gasteiger partial charge in [0.15, 0.2) is 0 Å². The number of rotatable bonds is 6. The van der Waals surface area contributed by atoms with Gasteiger partial charge in [0.1, 0.15) is 16.5 Å². The molecule has 2 aromatic rings. The lowest BCUT2D eigenvalue weighted by molar-refractivity contribution is -0.140. The van der Waals surface area contributed by atoms with Crippen molar-refractivity contribution in [3.8, 4) is 5.75 Å². The minimum absolute atomic E-state index is 0.106. The number of halogens is 1. The van der Waals surface area contributed by atoms with Gasteiger partial charge in [-0.2, -0.15) is 8.42 Å². The summed E-state index contributed by atoms with van der Waals surface area (Å²) in [4.78, 5) is 14.5. The molecule has 1 amide bonds. The molecule has 0 N–H and O–H groups in total. The van der Waals surface area contributed by atoms with Gasteiger partial charge in [-0.1, -0.05) is 32.9 Å². The standard InChI is InChI=1S/C21H24FNO4S/c1-21(2,3)20(24)23(17-8-9-17)14-15-4-10-18(11-5-15)27-28(25,26)19-12-6-16(22)7-13-19/h4-7,10-13,17H,8-9,14H2,1-3H3. The van der Waals surface area contributed by atoms with E-state index in [1.54, 1.807) is 24.3 Å². The van der Waals surface area contributed by atoms with Crippen LogP contribution in [0.4, 0.5) is 4.39 Å². The third kappa shape index (κ3) is 4.90. The molecule has 7 heteroatoms. The van der Waals surface area contributed by atoms with Gasteiger partial charge in [0, 0.05) is 18.0 Å². The average Bonchev–Trinajstić information content (AvgIpc) is 3.45. The molecule has 0 heterocycles. The van der Waals surface area contributed by atoms with Crippen molar-refractivity contribution in [1.29, 1.82) is 0 Å². The van der Waals surface area contributed by atoms with Gasteiger partial charge in [-0.3, -0.25) is 4.79 Å². The van der Waals surface area contributed by atoms with Gasteiger partial charge in [-0.25, -0.2) is 4.39 Å². The minimum Gasteiger partial charge on any atom is -0.379 e. The molecule has 1 aliphatic rings. The van der Waals surface area contributed by atoms with Crippen molar-refractivity contribution in [3.05, 3.63) is 59.9 Å². The van der Waals surface area contributed by atoms with Crippen LogP contribution < -0.4 is 4.18 Å². The van der Waals surface area contributed by atoms with E-state index in [4.69, 9.17) is 4.18 Å². The van der Waals surface area contributed by atoms with Gasteiger partial charge >= 0.3 is 10.1 Å². The van der Waals surface area contributed by atoms with Gasteiger partial charge in [0.2, 0.25) is 5.91 Å². The minimum atomic E-state index is -4.03. The maximum Gasteiger partial charge on any atom is 0.339 e. The number of benzene rings is 2. The third-order valence-corrected chi connectivity index (χ3v) is 5.74. The average molecular weight is 405 g/mol. The smallest absolute Gasteiger partial charge is 0.339 e. The molecule has 5 nitrogen and oxygen atoms in total. The van der Waals surface area contributed by atoms with Gasteiger partial charge in [-0.05, 0) is 54.8 Å². The Labute approximate surface area is 165 Å². The molecule has 0 bridgehead atoms. The zero-order valence-electron chi connectivity index (χ0n) is 16.2. The number of carbonyl (C=O) groups is 1. The van der Waals surface area contributed by atoms with Crippen LogP contribution in [0.25, 0.3) is 0 Å². The van der Waals surface area contributed by atoms with Crippen molar-refractivity contribution in [2.75, 3.05) is 0 Å². The summed E-state index contributed by atoms with van der Waals surface area (Å²) in [5.74, 6) is -0.254. The molecule has 0 spiro atoms. The predicted molar refractivity (Wildman–Crippen MR) is 104 cm³/mol. The summed E-state index contributed by atoms with van der Waals surface area (Å²) < 4.78 is 42.6. The summed E-state index contributed by atoms with van der Waals surface area (Å²) in [5, 5.41) is 0. The van der Waals surface area contributed by atoms with E-state index in [9.17, 15) is 17.6 Å². The first-order chi connectivity index (χ1) is 13.1. The Morgan fingerprint density at radius 2 is 1.64 bits per heavy atom. The van der Waals surface area contributed by atoms with Crippen LogP contribution in [0.1, 0.15) is 39.2 Å². The molecule has 0 atom stereocenters. The van der Waals surface area contributed by atoms with Gasteiger partial charge < -0.3 is 9.08 Å². The highest BCUT2D eigenvalue weighted by Gasteiger charge is 2.37. The molecule has 0 saturated heterocycles. The summed E-state index contributed by atoms with van der Waals surface area (Å²) in [6, 6.07) is 11.3. The molecule has 150 valence electrons. The highest BCUT2D eigenvalue weighted by molar-refractivity contribution is 7.87. The second-order valence-electron chi connectivity index (χ2n) is 8.05. The molecular weight excluding hydrogens is 381 g/mol. The molecule has 28 heavy (non-hydrogen) atoms. The van der Waals surface area contributed by atoms with Gasteiger partial charge in [0.05, 0.1) is 0 Å². The Kier molecular flexibility index (Phi) is 5.48. The lowest BCUT2D eigenvalue weighted by Crippen LogP contribution is -2.40. The largest absolute Gasteiger partial charge is 0.379 e. The predicted octanol–water partition coefficient (Wildman–Crippen LogP) is 4.13. The quantitative estimate of drug-likeness (QED) is 0.678. The molecule has 0 unspecified atom stereocenters. The highest BCUT2D eigenvalue weighted by atomic mass is 32.2. The molecular formula is C21H24FNO4S. The maximum absolute atomic E-state index is 13.0. The monoisotopic (exact) mass is 405 g/mol. The molecule has 0 aromatic heterocycles. The first kappa shape index (κ1) is 20.3. The lowest BCUT2D eigenvalue weighted by Gasteiger charge is -2.29. The van der Waals surface area contributed by atoms with Crippen LogP contribution in [0.5, 0.6) is 5.75 Å². The van der Waals surface area contributed by atoms with E-state index < -0.39 is 21.4 Å². The Morgan fingerprint density at radius 3 is 2.14 bits per heavy atom. The maximum atomic E-state index is 13.0. The molecule has 2 aromatic carbocycles. The number of nitrogens with zero attached hydrogens (tertiary/aromatic N) is 1. The fourth-order valence-corrected chi connectivity index (χ4v) is 3.74. The van der Waals surface area contributed by atoms with Crippen molar-refractivity contribution in [3.63, 3.8) is 0 Å². The van der Waals surface area contributed by atoms with E-state index in [1.807, 2.05) is 25.7 Å². The highest BCUT2D eigenvalue weighted by Crippen LogP contribution is 2.32. The number of hydrogen-bond donors (Lipinski definition) is 0. The molecule has 1 fully saturated rings. The van der Waals surface area contributed by atoms with Crippen LogP contribution in [-0.2, 0) is 21.5 Å². The van der Waals surface area contributed by atoms with E-state index in [1.165, 1.54) is 0 Å². The van der Waals surface area contributed by atoms with Crippen molar-refractivity contribution < 1.29 is 21.8 Å². The van der Waals surface area contributed by atoms with E-state index in [2.05, 4.69) is 0 Å². The van der Waals surface area contributed by atoms with E-state index in [-0.39, 0.29) is 22.6 Å². The number of carbonyl (C=O) groups excluding carboxylic acids is 1. The van der Waals surface area contributed by atoms with E-state index in [0.29, 0.717) is 6.54 Å². The normalized spacial score (nSPS) is 14.6. The van der Waals surface area contributed by atoms with Crippen molar-refractivity contribution in [1.82, 2.24) is 4.90 Å². The van der Waals surface area contributed by atoms with Crippen LogP contribution in [-0.4, -0.2) is 25.3 Å². The summed E-state index contributed by atoms with van der Waals surface area (Å²) in [5.41, 5.74) is 0.450. The van der Waals surface area contributed by atoms with Gasteiger partial charge in [0.25, 0.3) is 0 Å². The Balaban J connectivity index is 1.71. The first-order valence-corrected chi connectivity index (χ1v) is 10.6. The van der Waals surface area contributed by atoms with Crippen LogP contribution >= 0.6 is 0 Å². The Morgan fingerprint density at radius 1 is 1.07 bits per heavy atom. The zero-order chi connectivity index (χ0) is 20.5. The third-order valence-electron chi connectivity index (χ3n) is 4.47. The summed E-state index contributed by atoms with van der Waals surface area (Å²) in [6.07, 6.45) is 2.03. The fourth-order valence-electron chi connectivity index (χ4n) is 2.81. The van der Waals surface area contributed by atoms with Crippen molar-refractivity contribution in [2.45, 2.75) is 51.1 Å². The lowest BCUT2D eigenvalue weighted by atomic mass is 9.94. The Hall–Kier alpha value is -2.41. The van der Waals surface area contributed by atoms with Gasteiger partial charge in [-0.15, -0.1) is 0 Å². The van der Waals surface area contributed by atoms with Crippen molar-refractivity contribution >= 4 is 16.0 Å². The second kappa shape index (κ2) is 7.54. The molecule has 0 radical (unpaired) electrons. The second-order valence-corrected chi connectivity index (χ2v) is 9.60. The SMILES string of the molecule is CC(C)(C)C(=O)N(Cc1ccc(OS(=O)(=O)c2ccc(F)cc2)cc1)C1CC1. The summed E-state index contributed by atoms with van der Waals surface area (Å²) in [7, 11) is -4.03. The molecule has 1 aliphatic carbocycles. The van der Waals surface area contributed by atoms with Crippen LogP contribution in [0.15, 0.2) is 53.4 Å². The van der Waals surface area contributed by atoms with E-state index >= 15 is 0 Å². The van der Waals surface area contributed by atoms with E-state index in [0.717, 1.165) is 42.7 Å². The summed E-state index contributed by atoms with van der Waals surface area (Å²) >= 11 is 0. The summed E-state index contributed by atoms with van der Waals surface area (Å²) in [6.45, 7) is 6.19. The number of amides is 1. The Bertz CT molecular complexity index is 943. The topological polar surface area (TPSA) is 63.7 Å². The van der Waals surface area contributed by atoms with Crippen LogP contribution in [0.2, 0.25) is 0 Å². The molecule has 1 saturated carbocycles.